The van der Waals surface area contributed by atoms with E-state index in [1.807, 2.05) is 32.0 Å². The minimum absolute atomic E-state index is 0.134. The molecule has 31 heavy (non-hydrogen) atoms. The first kappa shape index (κ1) is 21.0. The molecule has 0 radical (unpaired) electrons. The van der Waals surface area contributed by atoms with Gasteiger partial charge in [0.25, 0.3) is 11.5 Å². The van der Waals surface area contributed by atoms with Crippen molar-refractivity contribution in [3.63, 3.8) is 0 Å². The van der Waals surface area contributed by atoms with Crippen molar-refractivity contribution in [2.75, 3.05) is 12.4 Å². The van der Waals surface area contributed by atoms with E-state index in [-0.39, 0.29) is 28.4 Å². The number of carbonyl (C=O) groups excluding carboxylic acids is 1. The number of H-pyrrole nitrogens is 1. The molecule has 1 amide bonds. The molecule has 1 saturated carbocycles. The van der Waals surface area contributed by atoms with Gasteiger partial charge in [0.2, 0.25) is 0 Å². The van der Waals surface area contributed by atoms with E-state index in [9.17, 15) is 14.4 Å². The summed E-state index contributed by atoms with van der Waals surface area (Å²) in [6, 6.07) is 9.03. The van der Waals surface area contributed by atoms with Gasteiger partial charge >= 0.3 is 5.69 Å². The van der Waals surface area contributed by atoms with Gasteiger partial charge in [0.15, 0.2) is 5.65 Å². The number of hydrogen-bond acceptors (Lipinski definition) is 5. The molecule has 0 spiro atoms. The molecule has 0 atom stereocenters. The molecule has 3 aromatic rings. The van der Waals surface area contributed by atoms with Crippen LogP contribution in [0.1, 0.15) is 54.2 Å². The molecular formula is C23H26N4O4. The van der Waals surface area contributed by atoms with E-state index in [0.717, 1.165) is 24.1 Å². The topological polar surface area (TPSA) is 106 Å². The predicted molar refractivity (Wildman–Crippen MR) is 119 cm³/mol. The van der Waals surface area contributed by atoms with E-state index in [1.54, 1.807) is 19.2 Å². The first-order valence-electron chi connectivity index (χ1n) is 10.4. The van der Waals surface area contributed by atoms with E-state index in [1.165, 1.54) is 4.57 Å². The molecule has 0 bridgehead atoms. The van der Waals surface area contributed by atoms with Gasteiger partial charge in [-0.1, -0.05) is 26.0 Å². The molecule has 1 aliphatic carbocycles. The number of hydrogen-bond donors (Lipinski definition) is 2. The Labute approximate surface area is 179 Å². The zero-order chi connectivity index (χ0) is 22.1. The van der Waals surface area contributed by atoms with Gasteiger partial charge in [-0.05, 0) is 42.5 Å². The van der Waals surface area contributed by atoms with Gasteiger partial charge in [-0.25, -0.2) is 9.78 Å². The van der Waals surface area contributed by atoms with Gasteiger partial charge < -0.3 is 10.1 Å². The van der Waals surface area contributed by atoms with Crippen LogP contribution >= 0.6 is 0 Å². The Morgan fingerprint density at radius 2 is 2.06 bits per heavy atom. The number of benzene rings is 1. The Kier molecular flexibility index (Phi) is 5.73. The zero-order valence-corrected chi connectivity index (χ0v) is 17.9. The highest BCUT2D eigenvalue weighted by Crippen LogP contribution is 2.40. The highest BCUT2D eigenvalue weighted by Gasteiger charge is 2.29. The SMILES string of the molecule is COCc1cccc(NC(=O)c2cc(C3CC3)nc3c2c(=O)[nH]c(=O)n3CC(C)C)c1. The van der Waals surface area contributed by atoms with Crippen molar-refractivity contribution in [3.8, 4) is 0 Å². The summed E-state index contributed by atoms with van der Waals surface area (Å²) in [6.07, 6.45) is 1.96. The summed E-state index contributed by atoms with van der Waals surface area (Å²) in [5.41, 5.74) is 1.64. The van der Waals surface area contributed by atoms with Crippen LogP contribution in [0.4, 0.5) is 5.69 Å². The van der Waals surface area contributed by atoms with Gasteiger partial charge in [-0.3, -0.25) is 19.1 Å². The number of carbonyl (C=O) groups is 1. The van der Waals surface area contributed by atoms with Crippen LogP contribution < -0.4 is 16.6 Å². The van der Waals surface area contributed by atoms with Gasteiger partial charge in [-0.15, -0.1) is 0 Å². The van der Waals surface area contributed by atoms with E-state index in [4.69, 9.17) is 4.74 Å². The van der Waals surface area contributed by atoms with Crippen molar-refractivity contribution in [1.29, 1.82) is 0 Å². The van der Waals surface area contributed by atoms with Crippen molar-refractivity contribution in [2.45, 2.75) is 45.8 Å². The highest BCUT2D eigenvalue weighted by molar-refractivity contribution is 6.11. The van der Waals surface area contributed by atoms with Crippen LogP contribution in [-0.4, -0.2) is 27.6 Å². The summed E-state index contributed by atoms with van der Waals surface area (Å²) in [6.45, 7) is 4.78. The lowest BCUT2D eigenvalue weighted by atomic mass is 10.1. The quantitative estimate of drug-likeness (QED) is 0.609. The third-order valence-corrected chi connectivity index (χ3v) is 5.25. The Bertz CT molecular complexity index is 1250. The van der Waals surface area contributed by atoms with E-state index >= 15 is 0 Å². The van der Waals surface area contributed by atoms with E-state index < -0.39 is 17.2 Å². The number of ether oxygens (including phenoxy) is 1. The number of aromatic amines is 1. The second kappa shape index (κ2) is 8.47. The van der Waals surface area contributed by atoms with Gasteiger partial charge in [0.1, 0.15) is 0 Å². The third kappa shape index (κ3) is 4.44. The fraction of sp³-hybridized carbons (Fsp3) is 0.391. The van der Waals surface area contributed by atoms with Crippen LogP contribution in [0.3, 0.4) is 0 Å². The van der Waals surface area contributed by atoms with Crippen LogP contribution in [0, 0.1) is 5.92 Å². The van der Waals surface area contributed by atoms with Gasteiger partial charge in [-0.2, -0.15) is 0 Å². The summed E-state index contributed by atoms with van der Waals surface area (Å²) < 4.78 is 6.61. The van der Waals surface area contributed by atoms with E-state index in [0.29, 0.717) is 18.8 Å². The predicted octanol–water partition coefficient (Wildman–Crippen LogP) is 3.02. The average Bonchev–Trinajstić information content (AvgIpc) is 3.56. The molecule has 2 aromatic heterocycles. The third-order valence-electron chi connectivity index (χ3n) is 5.25. The summed E-state index contributed by atoms with van der Waals surface area (Å²) in [4.78, 5) is 45.5. The maximum absolute atomic E-state index is 13.3. The summed E-state index contributed by atoms with van der Waals surface area (Å²) in [5, 5.41) is 3.01. The summed E-state index contributed by atoms with van der Waals surface area (Å²) >= 11 is 0. The molecule has 1 aromatic carbocycles. The molecule has 1 aliphatic rings. The van der Waals surface area contributed by atoms with Crippen LogP contribution in [-0.2, 0) is 17.9 Å². The number of pyridine rings is 1. The minimum Gasteiger partial charge on any atom is -0.380 e. The molecule has 8 heteroatoms. The lowest BCUT2D eigenvalue weighted by Crippen LogP contribution is -2.33. The Morgan fingerprint density at radius 1 is 1.29 bits per heavy atom. The molecule has 2 heterocycles. The standard InChI is InChI=1S/C23H26N4O4/c1-13(2)11-27-20-19(22(29)26-23(27)30)17(10-18(25-20)15-7-8-15)21(28)24-16-6-4-5-14(9-16)12-31-3/h4-6,9-10,13,15H,7-8,11-12H2,1-3H3,(H,24,28)(H,26,29,30). The maximum atomic E-state index is 13.3. The molecule has 2 N–H and O–H groups in total. The molecule has 1 fully saturated rings. The second-order valence-corrected chi connectivity index (χ2v) is 8.42. The molecule has 0 saturated heterocycles. The normalized spacial score (nSPS) is 13.7. The second-order valence-electron chi connectivity index (χ2n) is 8.42. The number of aromatic nitrogens is 3. The first-order valence-corrected chi connectivity index (χ1v) is 10.4. The number of methoxy groups -OCH3 is 1. The van der Waals surface area contributed by atoms with Crippen LogP contribution in [0.25, 0.3) is 11.0 Å². The zero-order valence-electron chi connectivity index (χ0n) is 17.9. The van der Waals surface area contributed by atoms with Crippen molar-refractivity contribution in [1.82, 2.24) is 14.5 Å². The number of rotatable bonds is 7. The molecule has 0 unspecified atom stereocenters. The number of fused-ring (bicyclic) bond motifs is 1. The average molecular weight is 422 g/mol. The molecule has 8 nitrogen and oxygen atoms in total. The van der Waals surface area contributed by atoms with Gasteiger partial charge in [0, 0.05) is 31.0 Å². The van der Waals surface area contributed by atoms with E-state index in [2.05, 4.69) is 15.3 Å². The van der Waals surface area contributed by atoms with Crippen molar-refractivity contribution >= 4 is 22.6 Å². The largest absolute Gasteiger partial charge is 0.380 e. The number of anilines is 1. The lowest BCUT2D eigenvalue weighted by Gasteiger charge is -2.15. The minimum atomic E-state index is -0.604. The fourth-order valence-electron chi connectivity index (χ4n) is 3.70. The van der Waals surface area contributed by atoms with Crippen molar-refractivity contribution < 1.29 is 9.53 Å². The smallest absolute Gasteiger partial charge is 0.330 e. The Balaban J connectivity index is 1.84. The molecule has 0 aliphatic heterocycles. The van der Waals surface area contributed by atoms with Crippen molar-refractivity contribution in [3.05, 3.63) is 68.0 Å². The van der Waals surface area contributed by atoms with Crippen LogP contribution in [0.2, 0.25) is 0 Å². The number of nitrogens with zero attached hydrogens (tertiary/aromatic N) is 2. The summed E-state index contributed by atoms with van der Waals surface area (Å²) in [7, 11) is 1.61. The molecular weight excluding hydrogens is 396 g/mol. The Hall–Kier alpha value is -3.26. The molecule has 162 valence electrons. The van der Waals surface area contributed by atoms with Crippen molar-refractivity contribution in [2.24, 2.45) is 5.92 Å². The monoisotopic (exact) mass is 422 g/mol. The maximum Gasteiger partial charge on any atom is 0.330 e. The summed E-state index contributed by atoms with van der Waals surface area (Å²) in [5.74, 6) is 0.00553. The van der Waals surface area contributed by atoms with Crippen LogP contribution in [0.5, 0.6) is 0 Å². The van der Waals surface area contributed by atoms with Crippen LogP contribution in [0.15, 0.2) is 39.9 Å². The Morgan fingerprint density at radius 3 is 2.74 bits per heavy atom. The fourth-order valence-corrected chi connectivity index (χ4v) is 3.70. The molecule has 4 rings (SSSR count). The number of amides is 1. The first-order chi connectivity index (χ1) is 14.9. The number of nitrogens with one attached hydrogen (secondary N) is 2. The highest BCUT2D eigenvalue weighted by atomic mass is 16.5. The lowest BCUT2D eigenvalue weighted by molar-refractivity contribution is 0.102. The van der Waals surface area contributed by atoms with Gasteiger partial charge in [0.05, 0.1) is 17.6 Å².